The summed E-state index contributed by atoms with van der Waals surface area (Å²) in [5.41, 5.74) is 1.05. The number of pyridine rings is 1. The largest absolute Gasteiger partial charge is 0.472 e. The van der Waals surface area contributed by atoms with E-state index < -0.39 is 6.04 Å². The van der Waals surface area contributed by atoms with Gasteiger partial charge in [0.25, 0.3) is 5.91 Å². The topological polar surface area (TPSA) is 94.1 Å². The van der Waals surface area contributed by atoms with E-state index in [4.69, 9.17) is 8.94 Å². The quantitative estimate of drug-likeness (QED) is 0.789. The molecule has 3 heterocycles. The van der Waals surface area contributed by atoms with E-state index >= 15 is 0 Å². The molecule has 7 nitrogen and oxygen atoms in total. The predicted octanol–water partition coefficient (Wildman–Crippen LogP) is 2.22. The Bertz CT molecular complexity index is 722. The third-order valence-corrected chi connectivity index (χ3v) is 2.84. The summed E-state index contributed by atoms with van der Waals surface area (Å²) in [6, 6.07) is 6.58. The fourth-order valence-electron chi connectivity index (χ4n) is 1.75. The lowest BCUT2D eigenvalue weighted by molar-refractivity contribution is 0.0932. The molecule has 0 saturated heterocycles. The van der Waals surface area contributed by atoms with Gasteiger partial charge in [-0.25, -0.2) is 0 Å². The second kappa shape index (κ2) is 5.58. The first kappa shape index (κ1) is 13.0. The van der Waals surface area contributed by atoms with Crippen LogP contribution in [0.25, 0.3) is 11.5 Å². The van der Waals surface area contributed by atoms with E-state index in [0.29, 0.717) is 23.0 Å². The highest BCUT2D eigenvalue weighted by Gasteiger charge is 2.18. The molecule has 0 aliphatic carbocycles. The van der Waals surface area contributed by atoms with Crippen LogP contribution in [0.2, 0.25) is 0 Å². The van der Waals surface area contributed by atoms with Crippen molar-refractivity contribution in [2.24, 2.45) is 0 Å². The Kier molecular flexibility index (Phi) is 3.46. The Labute approximate surface area is 120 Å². The number of carbonyl (C=O) groups is 1. The number of hydrogen-bond acceptors (Lipinski definition) is 6. The summed E-state index contributed by atoms with van der Waals surface area (Å²) < 4.78 is 10.0. The molecule has 0 fully saturated rings. The summed E-state index contributed by atoms with van der Waals surface area (Å²) in [4.78, 5) is 20.3. The summed E-state index contributed by atoms with van der Waals surface area (Å²) >= 11 is 0. The van der Waals surface area contributed by atoms with Gasteiger partial charge >= 0.3 is 0 Å². The van der Waals surface area contributed by atoms with E-state index in [1.54, 1.807) is 31.3 Å². The average Bonchev–Trinajstić information content (AvgIpc) is 3.20. The highest BCUT2D eigenvalue weighted by atomic mass is 16.5. The molecule has 1 amide bonds. The van der Waals surface area contributed by atoms with Gasteiger partial charge in [-0.3, -0.25) is 9.78 Å². The Morgan fingerprint density at radius 3 is 2.95 bits per heavy atom. The molecule has 106 valence electrons. The normalized spacial score (nSPS) is 12.0. The Morgan fingerprint density at radius 2 is 2.24 bits per heavy atom. The zero-order valence-electron chi connectivity index (χ0n) is 11.2. The van der Waals surface area contributed by atoms with Crippen LogP contribution in [0.4, 0.5) is 0 Å². The number of nitrogens with zero attached hydrogens (tertiary/aromatic N) is 3. The fraction of sp³-hybridized carbons (Fsp3) is 0.143. The Morgan fingerprint density at radius 1 is 1.33 bits per heavy atom. The van der Waals surface area contributed by atoms with E-state index in [0.717, 1.165) is 0 Å². The van der Waals surface area contributed by atoms with Crippen molar-refractivity contribution in [3.05, 3.63) is 54.4 Å². The van der Waals surface area contributed by atoms with Gasteiger partial charge < -0.3 is 14.3 Å². The van der Waals surface area contributed by atoms with Crippen LogP contribution in [0.3, 0.4) is 0 Å². The summed E-state index contributed by atoms with van der Waals surface area (Å²) in [6.07, 6.45) is 4.45. The van der Waals surface area contributed by atoms with Gasteiger partial charge in [0.05, 0.1) is 11.8 Å². The van der Waals surface area contributed by atoms with Crippen molar-refractivity contribution in [3.8, 4) is 11.5 Å². The number of amides is 1. The van der Waals surface area contributed by atoms with Crippen LogP contribution in [0.1, 0.15) is 29.2 Å². The van der Waals surface area contributed by atoms with Gasteiger partial charge in [-0.15, -0.1) is 0 Å². The molecule has 7 heteroatoms. The molecule has 0 spiro atoms. The first-order valence-corrected chi connectivity index (χ1v) is 6.32. The maximum atomic E-state index is 11.9. The second-order valence-electron chi connectivity index (χ2n) is 4.38. The van der Waals surface area contributed by atoms with Crippen molar-refractivity contribution >= 4 is 5.91 Å². The lowest BCUT2D eigenvalue weighted by Gasteiger charge is -2.07. The van der Waals surface area contributed by atoms with Crippen molar-refractivity contribution in [1.29, 1.82) is 0 Å². The molecule has 3 aromatic rings. The number of furan rings is 1. The third-order valence-electron chi connectivity index (χ3n) is 2.84. The molecule has 3 rings (SSSR count). The second-order valence-corrected chi connectivity index (χ2v) is 4.38. The van der Waals surface area contributed by atoms with Gasteiger partial charge in [-0.1, -0.05) is 11.2 Å². The summed E-state index contributed by atoms with van der Waals surface area (Å²) in [7, 11) is 0. The lowest BCUT2D eigenvalue weighted by atomic mass is 10.2. The third kappa shape index (κ3) is 2.81. The summed E-state index contributed by atoms with van der Waals surface area (Å²) in [5.74, 6) is 0.427. The number of carbonyl (C=O) groups excluding carboxylic acids is 1. The Hall–Kier alpha value is -2.96. The molecule has 21 heavy (non-hydrogen) atoms. The number of nitrogens with one attached hydrogen (secondary N) is 1. The van der Waals surface area contributed by atoms with E-state index in [9.17, 15) is 4.79 Å². The van der Waals surface area contributed by atoms with Crippen LogP contribution in [-0.4, -0.2) is 21.0 Å². The monoisotopic (exact) mass is 284 g/mol. The molecular formula is C14H12N4O3. The van der Waals surface area contributed by atoms with Crippen molar-refractivity contribution < 1.29 is 13.7 Å². The zero-order valence-corrected chi connectivity index (χ0v) is 11.2. The summed E-state index contributed by atoms with van der Waals surface area (Å²) in [6.45, 7) is 1.76. The lowest BCUT2D eigenvalue weighted by Crippen LogP contribution is -2.26. The predicted molar refractivity (Wildman–Crippen MR) is 72.1 cm³/mol. The van der Waals surface area contributed by atoms with Gasteiger partial charge in [-0.2, -0.15) is 4.98 Å². The summed E-state index contributed by atoms with van der Waals surface area (Å²) in [5, 5.41) is 6.61. The first-order chi connectivity index (χ1) is 10.2. The van der Waals surface area contributed by atoms with Crippen LogP contribution in [0.5, 0.6) is 0 Å². The van der Waals surface area contributed by atoms with Gasteiger partial charge in [0.1, 0.15) is 18.0 Å². The maximum absolute atomic E-state index is 11.9. The van der Waals surface area contributed by atoms with Gasteiger partial charge in [-0.05, 0) is 25.1 Å². The van der Waals surface area contributed by atoms with Gasteiger partial charge in [0, 0.05) is 6.20 Å². The SMILES string of the molecule is C[C@H](NC(=O)c1ccoc1)c1nc(-c2ccccn2)no1. The van der Waals surface area contributed by atoms with Crippen LogP contribution in [-0.2, 0) is 0 Å². The standard InChI is InChI=1S/C14H12N4O3/c1-9(16-13(19)10-5-7-20-8-10)14-17-12(18-21-14)11-4-2-3-6-15-11/h2-9H,1H3,(H,16,19)/t9-/m0/s1. The van der Waals surface area contributed by atoms with Crippen molar-refractivity contribution in [2.45, 2.75) is 13.0 Å². The van der Waals surface area contributed by atoms with Crippen molar-refractivity contribution in [3.63, 3.8) is 0 Å². The van der Waals surface area contributed by atoms with Gasteiger partial charge in [0.2, 0.25) is 11.7 Å². The molecule has 0 aromatic carbocycles. The molecule has 0 unspecified atom stereocenters. The van der Waals surface area contributed by atoms with Crippen LogP contribution in [0.15, 0.2) is 51.9 Å². The van der Waals surface area contributed by atoms with Crippen molar-refractivity contribution in [2.75, 3.05) is 0 Å². The number of aromatic nitrogens is 3. The molecule has 0 aliphatic heterocycles. The minimum atomic E-state index is -0.419. The Balaban J connectivity index is 1.73. The molecule has 1 atom stereocenters. The number of rotatable bonds is 4. The van der Waals surface area contributed by atoms with E-state index in [-0.39, 0.29) is 5.91 Å². The van der Waals surface area contributed by atoms with Crippen LogP contribution < -0.4 is 5.32 Å². The first-order valence-electron chi connectivity index (χ1n) is 6.32. The maximum Gasteiger partial charge on any atom is 0.255 e. The highest BCUT2D eigenvalue weighted by Crippen LogP contribution is 2.16. The van der Waals surface area contributed by atoms with E-state index in [1.807, 2.05) is 6.07 Å². The highest BCUT2D eigenvalue weighted by molar-refractivity contribution is 5.93. The zero-order chi connectivity index (χ0) is 14.7. The van der Waals surface area contributed by atoms with E-state index in [2.05, 4.69) is 20.4 Å². The van der Waals surface area contributed by atoms with Crippen molar-refractivity contribution in [1.82, 2.24) is 20.4 Å². The fourth-order valence-corrected chi connectivity index (χ4v) is 1.75. The molecule has 0 aliphatic rings. The minimum absolute atomic E-state index is 0.270. The minimum Gasteiger partial charge on any atom is -0.472 e. The molecule has 3 aromatic heterocycles. The van der Waals surface area contributed by atoms with E-state index in [1.165, 1.54) is 12.5 Å². The molecule has 0 bridgehead atoms. The van der Waals surface area contributed by atoms with Crippen LogP contribution in [0, 0.1) is 0 Å². The number of hydrogen-bond donors (Lipinski definition) is 1. The molecular weight excluding hydrogens is 272 g/mol. The van der Waals surface area contributed by atoms with Crippen LogP contribution >= 0.6 is 0 Å². The molecule has 0 radical (unpaired) electrons. The van der Waals surface area contributed by atoms with Gasteiger partial charge in [0.15, 0.2) is 0 Å². The average molecular weight is 284 g/mol. The molecule has 1 N–H and O–H groups in total. The smallest absolute Gasteiger partial charge is 0.255 e. The molecule has 0 saturated carbocycles.